The van der Waals surface area contributed by atoms with Crippen LogP contribution >= 0.6 is 0 Å². The first kappa shape index (κ1) is 33.5. The summed E-state index contributed by atoms with van der Waals surface area (Å²) in [6.45, 7) is 4.49. The highest BCUT2D eigenvalue weighted by Gasteiger charge is 2.39. The van der Waals surface area contributed by atoms with Gasteiger partial charge in [-0.3, -0.25) is 29.2 Å². The van der Waals surface area contributed by atoms with Gasteiger partial charge in [0.1, 0.15) is 23.9 Å². The van der Waals surface area contributed by atoms with Crippen molar-refractivity contribution in [2.75, 3.05) is 13.1 Å². The highest BCUT2D eigenvalue weighted by molar-refractivity contribution is 5.95. The average molecular weight is 577 g/mol. The van der Waals surface area contributed by atoms with Crippen LogP contribution in [0.25, 0.3) is 0 Å². The number of primary amides is 1. The largest absolute Gasteiger partial charge is 0.508 e. The molecule has 1 aromatic carbocycles. The van der Waals surface area contributed by atoms with E-state index in [-0.39, 0.29) is 31.1 Å². The molecule has 0 aliphatic carbocycles. The smallest absolute Gasteiger partial charge is 0.246 e. The van der Waals surface area contributed by atoms with Gasteiger partial charge in [-0.2, -0.15) is 0 Å². The Labute approximate surface area is 240 Å². The van der Waals surface area contributed by atoms with E-state index in [4.69, 9.17) is 16.7 Å². The topological polar surface area (TPSA) is 217 Å². The highest BCUT2D eigenvalue weighted by atomic mass is 16.5. The van der Waals surface area contributed by atoms with Crippen LogP contribution in [-0.2, 0) is 30.4 Å². The van der Waals surface area contributed by atoms with E-state index in [2.05, 4.69) is 10.6 Å². The number of likely N-dealkylation sites (tertiary alicyclic amines) is 1. The van der Waals surface area contributed by atoms with Gasteiger partial charge >= 0.3 is 0 Å². The third-order valence-electron chi connectivity index (χ3n) is 7.12. The summed E-state index contributed by atoms with van der Waals surface area (Å²) in [6.07, 6.45) is 2.66. The van der Waals surface area contributed by atoms with Crippen LogP contribution in [0.4, 0.5) is 0 Å². The number of hydrogen-bond acceptors (Lipinski definition) is 8. The molecule has 0 aromatic heterocycles. The van der Waals surface area contributed by atoms with Crippen LogP contribution in [0, 0.1) is 11.8 Å². The molecule has 0 radical (unpaired) electrons. The lowest BCUT2D eigenvalue weighted by atomic mass is 9.92. The first-order valence-electron chi connectivity index (χ1n) is 14.1. The summed E-state index contributed by atoms with van der Waals surface area (Å²) in [5.74, 6) is -3.63. The Kier molecular flexibility index (Phi) is 13.5. The number of hydrogen-bond donors (Lipinski definition) is 7. The number of hydroxylamine groups is 1. The van der Waals surface area contributed by atoms with Crippen LogP contribution in [-0.4, -0.2) is 76.0 Å². The molecular weight excluding hydrogens is 532 g/mol. The van der Waals surface area contributed by atoms with Crippen LogP contribution < -0.4 is 27.6 Å². The fourth-order valence-electron chi connectivity index (χ4n) is 5.03. The molecule has 13 nitrogen and oxygen atoms in total. The van der Waals surface area contributed by atoms with E-state index in [0.717, 1.165) is 0 Å². The Morgan fingerprint density at radius 3 is 2.32 bits per heavy atom. The van der Waals surface area contributed by atoms with Crippen LogP contribution in [0.15, 0.2) is 24.3 Å². The van der Waals surface area contributed by atoms with Gasteiger partial charge in [0.25, 0.3) is 0 Å². The number of aromatic hydroxyl groups is 1. The molecule has 1 aliphatic rings. The molecule has 0 unspecified atom stereocenters. The van der Waals surface area contributed by atoms with Crippen molar-refractivity contribution in [1.29, 1.82) is 0 Å². The second-order valence-corrected chi connectivity index (χ2v) is 10.9. The Balaban J connectivity index is 2.27. The van der Waals surface area contributed by atoms with Crippen molar-refractivity contribution >= 4 is 29.5 Å². The molecule has 1 heterocycles. The number of carbonyl (C=O) groups is 5. The van der Waals surface area contributed by atoms with Gasteiger partial charge in [-0.15, -0.1) is 0 Å². The number of nitrogens with two attached hydrogens (primary N) is 2. The van der Waals surface area contributed by atoms with E-state index in [1.54, 1.807) is 17.6 Å². The van der Waals surface area contributed by atoms with Crippen LogP contribution in [0.2, 0.25) is 0 Å². The number of benzene rings is 1. The minimum absolute atomic E-state index is 0.0411. The van der Waals surface area contributed by atoms with E-state index in [0.29, 0.717) is 50.6 Å². The zero-order valence-corrected chi connectivity index (χ0v) is 23.8. The maximum Gasteiger partial charge on any atom is 0.246 e. The molecule has 5 amide bonds. The normalized spacial score (nSPS) is 17.0. The quantitative estimate of drug-likeness (QED) is 0.0809. The minimum Gasteiger partial charge on any atom is -0.508 e. The maximum atomic E-state index is 13.9. The Bertz CT molecular complexity index is 1050. The summed E-state index contributed by atoms with van der Waals surface area (Å²) in [4.78, 5) is 65.6. The van der Waals surface area contributed by atoms with Gasteiger partial charge in [0.05, 0.1) is 0 Å². The standard InChI is InChI=1S/C28H44N6O7/c1-17(2)14-19(16-24(36)33-41)26(38)32-22(15-18-8-10-20(35)11-9-18)28(40)34-13-5-7-23(34)27(39)31-21(25(30)37)6-3-4-12-29/h8-11,17,19,21-23,35,41H,3-7,12-16,29H2,1-2H3,(H2,30,37)(H,31,39)(H,32,38)(H,33,36)/t19-,21+,22+,23+/m1/s1. The van der Waals surface area contributed by atoms with E-state index in [1.807, 2.05) is 13.8 Å². The van der Waals surface area contributed by atoms with Crippen molar-refractivity contribution < 1.29 is 34.3 Å². The van der Waals surface area contributed by atoms with Crippen LogP contribution in [0.5, 0.6) is 5.75 Å². The maximum absolute atomic E-state index is 13.9. The van der Waals surface area contributed by atoms with E-state index in [1.165, 1.54) is 17.0 Å². The van der Waals surface area contributed by atoms with Gasteiger partial charge in [0.2, 0.25) is 29.5 Å². The molecular formula is C28H44N6O7. The van der Waals surface area contributed by atoms with Crippen molar-refractivity contribution in [2.45, 2.75) is 83.3 Å². The minimum atomic E-state index is -1.08. The molecule has 1 saturated heterocycles. The van der Waals surface area contributed by atoms with Gasteiger partial charge in [0.15, 0.2) is 0 Å². The second-order valence-electron chi connectivity index (χ2n) is 10.9. The van der Waals surface area contributed by atoms with E-state index >= 15 is 0 Å². The predicted molar refractivity (Wildman–Crippen MR) is 150 cm³/mol. The number of nitrogens with one attached hydrogen (secondary N) is 3. The van der Waals surface area contributed by atoms with Crippen molar-refractivity contribution in [2.24, 2.45) is 23.3 Å². The summed E-state index contributed by atoms with van der Waals surface area (Å²) in [5, 5.41) is 24.1. The second kappa shape index (κ2) is 16.5. The highest BCUT2D eigenvalue weighted by Crippen LogP contribution is 2.22. The molecule has 9 N–H and O–H groups in total. The molecule has 0 spiro atoms. The molecule has 4 atom stereocenters. The van der Waals surface area contributed by atoms with Gasteiger partial charge < -0.3 is 32.1 Å². The third kappa shape index (κ3) is 10.7. The zero-order valence-electron chi connectivity index (χ0n) is 23.8. The van der Waals surface area contributed by atoms with Gasteiger partial charge in [-0.1, -0.05) is 26.0 Å². The van der Waals surface area contributed by atoms with Crippen molar-refractivity contribution in [3.05, 3.63) is 29.8 Å². The monoisotopic (exact) mass is 576 g/mol. The number of phenols is 1. The number of rotatable bonds is 16. The van der Waals surface area contributed by atoms with Crippen LogP contribution in [0.1, 0.15) is 64.4 Å². The number of carbonyl (C=O) groups excluding carboxylic acids is 5. The third-order valence-corrected chi connectivity index (χ3v) is 7.12. The molecule has 41 heavy (non-hydrogen) atoms. The first-order chi connectivity index (χ1) is 19.5. The van der Waals surface area contributed by atoms with Gasteiger partial charge in [-0.25, -0.2) is 5.48 Å². The zero-order chi connectivity index (χ0) is 30.5. The van der Waals surface area contributed by atoms with Gasteiger partial charge in [-0.05, 0) is 68.7 Å². The molecule has 1 fully saturated rings. The van der Waals surface area contributed by atoms with E-state index < -0.39 is 53.6 Å². The Morgan fingerprint density at radius 1 is 1.05 bits per heavy atom. The Morgan fingerprint density at radius 2 is 1.73 bits per heavy atom. The molecule has 228 valence electrons. The molecule has 1 aromatic rings. The first-order valence-corrected chi connectivity index (χ1v) is 14.1. The number of amides is 5. The van der Waals surface area contributed by atoms with Crippen molar-refractivity contribution in [3.8, 4) is 5.75 Å². The van der Waals surface area contributed by atoms with Crippen molar-refractivity contribution in [3.63, 3.8) is 0 Å². The van der Waals surface area contributed by atoms with Gasteiger partial charge in [0, 0.05) is 25.3 Å². The number of nitrogens with zero attached hydrogens (tertiary/aromatic N) is 1. The summed E-state index contributed by atoms with van der Waals surface area (Å²) in [5.41, 5.74) is 13.2. The lowest BCUT2D eigenvalue weighted by Crippen LogP contribution is -2.57. The predicted octanol–water partition coefficient (Wildman–Crippen LogP) is 0.0674. The number of unbranched alkanes of at least 4 members (excludes halogenated alkanes) is 1. The average Bonchev–Trinajstić information content (AvgIpc) is 3.42. The number of phenolic OH excluding ortho intramolecular Hbond substituents is 1. The van der Waals surface area contributed by atoms with E-state index in [9.17, 15) is 29.1 Å². The Hall–Kier alpha value is -3.71. The summed E-state index contributed by atoms with van der Waals surface area (Å²) < 4.78 is 0. The molecule has 0 saturated carbocycles. The van der Waals surface area contributed by atoms with Crippen molar-refractivity contribution in [1.82, 2.24) is 21.0 Å². The fraction of sp³-hybridized carbons (Fsp3) is 0.607. The molecule has 13 heteroatoms. The van der Waals surface area contributed by atoms with Crippen LogP contribution in [0.3, 0.4) is 0 Å². The lowest BCUT2D eigenvalue weighted by molar-refractivity contribution is -0.143. The molecule has 1 aliphatic heterocycles. The summed E-state index contributed by atoms with van der Waals surface area (Å²) in [7, 11) is 0. The summed E-state index contributed by atoms with van der Waals surface area (Å²) >= 11 is 0. The fourth-order valence-corrected chi connectivity index (χ4v) is 5.03. The SMILES string of the molecule is CC(C)C[C@H](CC(=O)NO)C(=O)N[C@@H](Cc1ccc(O)cc1)C(=O)N1CCC[C@H]1C(=O)N[C@@H](CCCCN)C(N)=O. The summed E-state index contributed by atoms with van der Waals surface area (Å²) in [6, 6.07) is 3.35. The molecule has 2 rings (SSSR count). The lowest BCUT2D eigenvalue weighted by Gasteiger charge is -2.30. The molecule has 0 bridgehead atoms.